The summed E-state index contributed by atoms with van der Waals surface area (Å²) < 4.78 is 17.3. The van der Waals surface area contributed by atoms with Crippen LogP contribution in [0.4, 0.5) is 10.7 Å². The second-order valence-corrected chi connectivity index (χ2v) is 8.29. The molecule has 4 heterocycles. The van der Waals surface area contributed by atoms with Gasteiger partial charge in [0.2, 0.25) is 5.95 Å². The van der Waals surface area contributed by atoms with Gasteiger partial charge in [0.15, 0.2) is 0 Å². The number of hydrogen-bond acceptors (Lipinski definition) is 7. The predicted molar refractivity (Wildman–Crippen MR) is 105 cm³/mol. The van der Waals surface area contributed by atoms with Gasteiger partial charge in [0.25, 0.3) is 0 Å². The Kier molecular flexibility index (Phi) is 5.52. The van der Waals surface area contributed by atoms with Crippen molar-refractivity contribution in [3.63, 3.8) is 0 Å². The van der Waals surface area contributed by atoms with Crippen LogP contribution in [0.2, 0.25) is 0 Å². The molecule has 29 heavy (non-hydrogen) atoms. The quantitative estimate of drug-likeness (QED) is 0.777. The van der Waals surface area contributed by atoms with Crippen LogP contribution in [0.25, 0.3) is 0 Å². The van der Waals surface area contributed by atoms with E-state index in [0.717, 1.165) is 5.69 Å². The summed E-state index contributed by atoms with van der Waals surface area (Å²) in [6, 6.07) is 1.78. The number of fused-ring (bicyclic) bond motifs is 1. The molecule has 3 saturated heterocycles. The van der Waals surface area contributed by atoms with Crippen molar-refractivity contribution < 1.29 is 19.0 Å². The zero-order valence-electron chi connectivity index (χ0n) is 16.6. The molecule has 4 fully saturated rings. The third-order valence-corrected chi connectivity index (χ3v) is 6.43. The molecule has 5 rings (SSSR count). The summed E-state index contributed by atoms with van der Waals surface area (Å²) in [5, 5.41) is 6.47. The van der Waals surface area contributed by atoms with E-state index in [1.807, 2.05) is 12.3 Å². The van der Waals surface area contributed by atoms with E-state index in [1.165, 1.54) is 25.7 Å². The number of amides is 2. The molecule has 158 valence electrons. The highest BCUT2D eigenvalue weighted by Crippen LogP contribution is 2.33. The van der Waals surface area contributed by atoms with Crippen molar-refractivity contribution in [2.75, 3.05) is 44.8 Å². The van der Waals surface area contributed by atoms with Crippen molar-refractivity contribution in [1.29, 1.82) is 0 Å². The lowest BCUT2D eigenvalue weighted by Gasteiger charge is -2.29. The Morgan fingerprint density at radius 3 is 2.59 bits per heavy atom. The minimum atomic E-state index is -0.157. The van der Waals surface area contributed by atoms with E-state index in [2.05, 4.69) is 15.6 Å². The third-order valence-electron chi connectivity index (χ3n) is 6.43. The van der Waals surface area contributed by atoms with E-state index < -0.39 is 0 Å². The largest absolute Gasteiger partial charge is 0.378 e. The van der Waals surface area contributed by atoms with Gasteiger partial charge in [-0.15, -0.1) is 0 Å². The first-order chi connectivity index (χ1) is 14.3. The maximum Gasteiger partial charge on any atom is 0.317 e. The fraction of sp³-hybridized carbons (Fsp3) is 0.750. The van der Waals surface area contributed by atoms with Crippen LogP contribution < -0.4 is 10.6 Å². The van der Waals surface area contributed by atoms with Crippen LogP contribution in [0.1, 0.15) is 37.3 Å². The van der Waals surface area contributed by atoms with E-state index in [9.17, 15) is 4.79 Å². The van der Waals surface area contributed by atoms with Gasteiger partial charge in [-0.2, -0.15) is 0 Å². The van der Waals surface area contributed by atoms with Crippen molar-refractivity contribution in [2.45, 2.75) is 55.9 Å². The molecule has 1 aromatic rings. The van der Waals surface area contributed by atoms with Crippen molar-refractivity contribution >= 4 is 12.0 Å². The Morgan fingerprint density at radius 2 is 1.79 bits per heavy atom. The predicted octanol–water partition coefficient (Wildman–Crippen LogP) is 1.12. The normalized spacial score (nSPS) is 32.3. The Balaban J connectivity index is 1.18. The molecule has 1 aliphatic carbocycles. The number of nitrogens with one attached hydrogen (secondary N) is 2. The highest BCUT2D eigenvalue weighted by molar-refractivity contribution is 5.74. The average Bonchev–Trinajstić information content (AvgIpc) is 3.49. The number of carbonyl (C=O) groups is 1. The summed E-state index contributed by atoms with van der Waals surface area (Å²) in [5.41, 5.74) is 1.12. The Bertz CT molecular complexity index is 723. The number of urea groups is 1. The average molecular weight is 403 g/mol. The minimum absolute atomic E-state index is 0.0240. The lowest BCUT2D eigenvalue weighted by molar-refractivity contribution is 0.0485. The summed E-state index contributed by atoms with van der Waals surface area (Å²) >= 11 is 0. The van der Waals surface area contributed by atoms with E-state index in [-0.39, 0.29) is 30.3 Å². The van der Waals surface area contributed by atoms with Crippen molar-refractivity contribution in [1.82, 2.24) is 20.2 Å². The molecule has 0 spiro atoms. The SMILES string of the molecule is O=C(N[C@H]1CO[C@H]2[C@@H]1OC[C@@H]2Nc1nccc(C2CCCC2)n1)N1CCOCC1. The summed E-state index contributed by atoms with van der Waals surface area (Å²) in [5.74, 6) is 1.18. The van der Waals surface area contributed by atoms with Gasteiger partial charge in [-0.05, 0) is 18.9 Å². The lowest BCUT2D eigenvalue weighted by atomic mass is 10.0. The van der Waals surface area contributed by atoms with E-state index in [1.54, 1.807) is 4.90 Å². The lowest BCUT2D eigenvalue weighted by Crippen LogP contribution is -2.52. The Hall–Kier alpha value is -1.97. The molecule has 9 heteroatoms. The number of aromatic nitrogens is 2. The van der Waals surface area contributed by atoms with E-state index >= 15 is 0 Å². The maximum absolute atomic E-state index is 12.5. The molecule has 9 nitrogen and oxygen atoms in total. The Labute approximate surface area is 170 Å². The first-order valence-electron chi connectivity index (χ1n) is 10.7. The zero-order chi connectivity index (χ0) is 19.6. The van der Waals surface area contributed by atoms with Gasteiger partial charge in [-0.3, -0.25) is 0 Å². The molecule has 4 atom stereocenters. The van der Waals surface area contributed by atoms with Gasteiger partial charge in [0.1, 0.15) is 12.2 Å². The molecule has 0 bridgehead atoms. The summed E-state index contributed by atoms with van der Waals surface area (Å²) in [6.07, 6.45) is 6.53. The summed E-state index contributed by atoms with van der Waals surface area (Å²) in [6.45, 7) is 3.37. The Morgan fingerprint density at radius 1 is 1.07 bits per heavy atom. The number of morpholine rings is 1. The molecular formula is C20H29N5O4. The van der Waals surface area contributed by atoms with Gasteiger partial charge >= 0.3 is 6.03 Å². The number of carbonyl (C=O) groups excluding carboxylic acids is 1. The minimum Gasteiger partial charge on any atom is -0.378 e. The van der Waals surface area contributed by atoms with E-state index in [0.29, 0.717) is 51.4 Å². The molecule has 3 aliphatic heterocycles. The number of hydrogen-bond donors (Lipinski definition) is 2. The highest BCUT2D eigenvalue weighted by atomic mass is 16.6. The van der Waals surface area contributed by atoms with Crippen LogP contribution in [-0.2, 0) is 14.2 Å². The summed E-state index contributed by atoms with van der Waals surface area (Å²) in [7, 11) is 0. The van der Waals surface area contributed by atoms with Crippen LogP contribution in [0.15, 0.2) is 12.3 Å². The molecule has 2 N–H and O–H groups in total. The van der Waals surface area contributed by atoms with Gasteiger partial charge in [0.05, 0.1) is 38.5 Å². The molecule has 1 aromatic heterocycles. The number of rotatable bonds is 4. The summed E-state index contributed by atoms with van der Waals surface area (Å²) in [4.78, 5) is 23.4. The van der Waals surface area contributed by atoms with Crippen LogP contribution >= 0.6 is 0 Å². The molecule has 0 aromatic carbocycles. The fourth-order valence-corrected chi connectivity index (χ4v) is 4.82. The standard InChI is InChI=1S/C20H29N5O4/c26-20(25-7-9-27-10-8-25)24-16-12-29-17-15(11-28-18(16)17)23-19-21-6-5-14(22-19)13-3-1-2-4-13/h5-6,13,15-18H,1-4,7-12H2,(H,24,26)(H,21,22,23)/t15-,16-,17+,18+/m0/s1. The molecule has 2 amide bonds. The van der Waals surface area contributed by atoms with Crippen molar-refractivity contribution in [3.05, 3.63) is 18.0 Å². The maximum atomic E-state index is 12.5. The van der Waals surface area contributed by atoms with Gasteiger partial charge in [-0.25, -0.2) is 14.8 Å². The van der Waals surface area contributed by atoms with Crippen molar-refractivity contribution in [2.24, 2.45) is 0 Å². The monoisotopic (exact) mass is 403 g/mol. The smallest absolute Gasteiger partial charge is 0.317 e. The number of nitrogens with zero attached hydrogens (tertiary/aromatic N) is 3. The number of ether oxygens (including phenoxy) is 3. The van der Waals surface area contributed by atoms with Gasteiger partial charge < -0.3 is 29.7 Å². The molecule has 0 radical (unpaired) electrons. The van der Waals surface area contributed by atoms with Crippen molar-refractivity contribution in [3.8, 4) is 0 Å². The first kappa shape index (κ1) is 19.0. The van der Waals surface area contributed by atoms with E-state index in [4.69, 9.17) is 19.2 Å². The fourth-order valence-electron chi connectivity index (χ4n) is 4.82. The van der Waals surface area contributed by atoms with Crippen LogP contribution in [0.5, 0.6) is 0 Å². The zero-order valence-corrected chi connectivity index (χ0v) is 16.6. The van der Waals surface area contributed by atoms with Crippen LogP contribution in [0.3, 0.4) is 0 Å². The number of anilines is 1. The third kappa shape index (κ3) is 4.04. The topological polar surface area (TPSA) is 97.8 Å². The van der Waals surface area contributed by atoms with Gasteiger partial charge in [0, 0.05) is 30.9 Å². The second kappa shape index (κ2) is 8.41. The molecule has 0 unspecified atom stereocenters. The second-order valence-electron chi connectivity index (χ2n) is 8.29. The highest BCUT2D eigenvalue weighted by Gasteiger charge is 2.48. The molecule has 4 aliphatic rings. The van der Waals surface area contributed by atoms with Crippen LogP contribution in [-0.4, -0.2) is 84.7 Å². The van der Waals surface area contributed by atoms with Gasteiger partial charge in [-0.1, -0.05) is 12.8 Å². The van der Waals surface area contributed by atoms with Crippen LogP contribution in [0, 0.1) is 0 Å². The molecule has 1 saturated carbocycles. The first-order valence-corrected chi connectivity index (χ1v) is 10.7. The molecular weight excluding hydrogens is 374 g/mol.